The molecular weight excluding hydrogens is 422 g/mol. The topological polar surface area (TPSA) is 88.9 Å². The van der Waals surface area contributed by atoms with E-state index in [-0.39, 0.29) is 24.1 Å². The second-order valence-electron chi connectivity index (χ2n) is 6.70. The lowest BCUT2D eigenvalue weighted by atomic mass is 10.1. The molecule has 0 aliphatic carbocycles. The number of benzene rings is 2. The fourth-order valence-corrected chi connectivity index (χ4v) is 3.68. The van der Waals surface area contributed by atoms with Crippen molar-refractivity contribution in [1.82, 2.24) is 20.1 Å². The van der Waals surface area contributed by atoms with Gasteiger partial charge in [-0.2, -0.15) is 0 Å². The number of anilines is 1. The molecule has 0 radical (unpaired) electrons. The number of carbonyl (C=O) groups excluding carboxylic acids is 2. The van der Waals surface area contributed by atoms with Crippen LogP contribution in [0.1, 0.15) is 27.3 Å². The highest BCUT2D eigenvalue weighted by Crippen LogP contribution is 2.20. The molecule has 0 aliphatic rings. The predicted octanol–water partition coefficient (Wildman–Crippen LogP) is 3.75. The molecule has 3 rings (SSSR count). The summed E-state index contributed by atoms with van der Waals surface area (Å²) >= 11 is 7.33. The molecule has 0 atom stereocenters. The Balaban J connectivity index is 1.55. The minimum Gasteiger partial charge on any atom is -0.345 e. The number of hydrogen-bond donors (Lipinski definition) is 2. The Kier molecular flexibility index (Phi) is 7.12. The Morgan fingerprint density at radius 3 is 2.63 bits per heavy atom. The highest BCUT2D eigenvalue weighted by molar-refractivity contribution is 7.99. The maximum absolute atomic E-state index is 12.3. The van der Waals surface area contributed by atoms with Gasteiger partial charge in [-0.15, -0.1) is 10.2 Å². The summed E-state index contributed by atoms with van der Waals surface area (Å²) in [5.74, 6) is 0.370. The number of nitrogens with one attached hydrogen (secondary N) is 2. The summed E-state index contributed by atoms with van der Waals surface area (Å²) in [6, 6.07) is 12.6. The standard InChI is InChI=1S/C21H22ClN5O2S/c1-13-7-6-10-17(14(13)2)24-19(28)12-30-21-26-25-18(27(21)3)11-23-20(29)15-8-4-5-9-16(15)22/h4-10H,11-12H2,1-3H3,(H,23,29)(H,24,28). The summed E-state index contributed by atoms with van der Waals surface area (Å²) in [6.07, 6.45) is 0. The van der Waals surface area contributed by atoms with Gasteiger partial charge in [0.25, 0.3) is 5.91 Å². The van der Waals surface area contributed by atoms with Crippen molar-refractivity contribution in [1.29, 1.82) is 0 Å². The average Bonchev–Trinajstić information content (AvgIpc) is 3.08. The Labute approximate surface area is 184 Å². The average molecular weight is 444 g/mol. The van der Waals surface area contributed by atoms with Gasteiger partial charge in [-0.3, -0.25) is 9.59 Å². The minimum absolute atomic E-state index is 0.120. The van der Waals surface area contributed by atoms with Gasteiger partial charge in [-0.25, -0.2) is 0 Å². The van der Waals surface area contributed by atoms with Crippen molar-refractivity contribution in [3.8, 4) is 0 Å². The first-order chi connectivity index (χ1) is 14.4. The Bertz CT molecular complexity index is 1080. The molecule has 156 valence electrons. The van der Waals surface area contributed by atoms with Crippen molar-refractivity contribution >= 4 is 40.9 Å². The maximum atomic E-state index is 12.3. The number of thioether (sulfide) groups is 1. The first-order valence-electron chi connectivity index (χ1n) is 9.26. The number of carbonyl (C=O) groups is 2. The van der Waals surface area contributed by atoms with Crippen LogP contribution in [-0.2, 0) is 18.4 Å². The van der Waals surface area contributed by atoms with Crippen molar-refractivity contribution in [2.75, 3.05) is 11.1 Å². The molecule has 0 aliphatic heterocycles. The number of aromatic nitrogens is 3. The smallest absolute Gasteiger partial charge is 0.253 e. The van der Waals surface area contributed by atoms with Gasteiger partial charge in [0, 0.05) is 12.7 Å². The highest BCUT2D eigenvalue weighted by atomic mass is 35.5. The fourth-order valence-electron chi connectivity index (χ4n) is 2.73. The van der Waals surface area contributed by atoms with Gasteiger partial charge < -0.3 is 15.2 Å². The molecule has 0 saturated heterocycles. The van der Waals surface area contributed by atoms with Crippen LogP contribution in [0.25, 0.3) is 0 Å². The van der Waals surface area contributed by atoms with E-state index in [0.717, 1.165) is 16.8 Å². The van der Waals surface area contributed by atoms with Gasteiger partial charge in [0.1, 0.15) is 0 Å². The summed E-state index contributed by atoms with van der Waals surface area (Å²) in [7, 11) is 1.79. The van der Waals surface area contributed by atoms with Crippen LogP contribution in [0.4, 0.5) is 5.69 Å². The zero-order chi connectivity index (χ0) is 21.7. The third-order valence-electron chi connectivity index (χ3n) is 4.66. The van der Waals surface area contributed by atoms with Gasteiger partial charge in [0.2, 0.25) is 5.91 Å². The second-order valence-corrected chi connectivity index (χ2v) is 8.05. The summed E-state index contributed by atoms with van der Waals surface area (Å²) in [4.78, 5) is 24.6. The molecule has 3 aromatic rings. The molecule has 9 heteroatoms. The zero-order valence-electron chi connectivity index (χ0n) is 16.9. The summed E-state index contributed by atoms with van der Waals surface area (Å²) in [6.45, 7) is 4.18. The molecule has 1 aromatic heterocycles. The Morgan fingerprint density at radius 2 is 1.87 bits per heavy atom. The van der Waals surface area contributed by atoms with E-state index >= 15 is 0 Å². The minimum atomic E-state index is -0.286. The molecule has 7 nitrogen and oxygen atoms in total. The molecule has 1 heterocycles. The Hall–Kier alpha value is -2.84. The summed E-state index contributed by atoms with van der Waals surface area (Å²) in [5, 5.41) is 14.9. The summed E-state index contributed by atoms with van der Waals surface area (Å²) < 4.78 is 1.75. The van der Waals surface area contributed by atoms with Gasteiger partial charge in [-0.1, -0.05) is 47.6 Å². The van der Waals surface area contributed by atoms with E-state index in [1.807, 2.05) is 32.0 Å². The number of nitrogens with zero attached hydrogens (tertiary/aromatic N) is 3. The first kappa shape index (κ1) is 21.9. The van der Waals surface area contributed by atoms with E-state index in [4.69, 9.17) is 11.6 Å². The van der Waals surface area contributed by atoms with Crippen molar-refractivity contribution in [3.05, 3.63) is 70.0 Å². The van der Waals surface area contributed by atoms with Crippen molar-refractivity contribution < 1.29 is 9.59 Å². The molecule has 0 saturated carbocycles. The molecular formula is C21H22ClN5O2S. The van der Waals surface area contributed by atoms with Crippen LogP contribution in [0.2, 0.25) is 5.02 Å². The van der Waals surface area contributed by atoms with Gasteiger partial charge in [-0.05, 0) is 43.2 Å². The van der Waals surface area contributed by atoms with Gasteiger partial charge >= 0.3 is 0 Å². The van der Waals surface area contributed by atoms with Crippen molar-refractivity contribution in [2.24, 2.45) is 7.05 Å². The molecule has 30 heavy (non-hydrogen) atoms. The van der Waals surface area contributed by atoms with Crippen LogP contribution in [0.3, 0.4) is 0 Å². The quantitative estimate of drug-likeness (QED) is 0.543. The fraction of sp³-hybridized carbons (Fsp3) is 0.238. The lowest BCUT2D eigenvalue weighted by Crippen LogP contribution is -2.24. The van der Waals surface area contributed by atoms with E-state index in [1.54, 1.807) is 35.9 Å². The molecule has 0 fully saturated rings. The SMILES string of the molecule is Cc1cccc(NC(=O)CSc2nnc(CNC(=O)c3ccccc3Cl)n2C)c1C. The maximum Gasteiger partial charge on any atom is 0.253 e. The third kappa shape index (κ3) is 5.20. The number of amides is 2. The van der Waals surface area contributed by atoms with E-state index in [0.29, 0.717) is 21.6 Å². The van der Waals surface area contributed by atoms with Crippen LogP contribution >= 0.6 is 23.4 Å². The second kappa shape index (κ2) is 9.77. The van der Waals surface area contributed by atoms with Crippen LogP contribution in [0.15, 0.2) is 47.6 Å². The van der Waals surface area contributed by atoms with E-state index in [2.05, 4.69) is 20.8 Å². The number of aryl methyl sites for hydroxylation is 1. The largest absolute Gasteiger partial charge is 0.345 e. The van der Waals surface area contributed by atoms with E-state index in [1.165, 1.54) is 11.8 Å². The zero-order valence-corrected chi connectivity index (χ0v) is 18.5. The lowest BCUT2D eigenvalue weighted by molar-refractivity contribution is -0.113. The molecule has 0 spiro atoms. The van der Waals surface area contributed by atoms with E-state index in [9.17, 15) is 9.59 Å². The highest BCUT2D eigenvalue weighted by Gasteiger charge is 2.14. The van der Waals surface area contributed by atoms with Crippen LogP contribution < -0.4 is 10.6 Å². The van der Waals surface area contributed by atoms with Crippen molar-refractivity contribution in [2.45, 2.75) is 25.5 Å². The third-order valence-corrected chi connectivity index (χ3v) is 6.01. The molecule has 2 N–H and O–H groups in total. The number of halogens is 1. The van der Waals surface area contributed by atoms with Crippen LogP contribution in [0, 0.1) is 13.8 Å². The molecule has 2 amide bonds. The monoisotopic (exact) mass is 443 g/mol. The van der Waals surface area contributed by atoms with Crippen molar-refractivity contribution in [3.63, 3.8) is 0 Å². The van der Waals surface area contributed by atoms with Crippen LogP contribution in [0.5, 0.6) is 0 Å². The molecule has 0 unspecified atom stereocenters. The first-order valence-corrected chi connectivity index (χ1v) is 10.6. The van der Waals surface area contributed by atoms with Crippen LogP contribution in [-0.4, -0.2) is 32.3 Å². The number of hydrogen-bond acceptors (Lipinski definition) is 5. The van der Waals surface area contributed by atoms with E-state index < -0.39 is 0 Å². The summed E-state index contributed by atoms with van der Waals surface area (Å²) in [5.41, 5.74) is 3.38. The predicted molar refractivity (Wildman–Crippen MR) is 119 cm³/mol. The van der Waals surface area contributed by atoms with Gasteiger partial charge in [0.15, 0.2) is 11.0 Å². The molecule has 2 aromatic carbocycles. The molecule has 0 bridgehead atoms. The van der Waals surface area contributed by atoms with Gasteiger partial charge in [0.05, 0.1) is 22.9 Å². The number of rotatable bonds is 7. The lowest BCUT2D eigenvalue weighted by Gasteiger charge is -2.10. The Morgan fingerprint density at radius 1 is 1.10 bits per heavy atom. The normalized spacial score (nSPS) is 10.7.